The van der Waals surface area contributed by atoms with Gasteiger partial charge in [-0.05, 0) is 89.2 Å². The zero-order chi connectivity index (χ0) is 25.4. The molecule has 1 aliphatic rings. The fraction of sp³-hybridized carbons (Fsp3) is 0.208. The fourth-order valence-electron chi connectivity index (χ4n) is 3.86. The monoisotopic (exact) mass is 625 g/mol. The smallest absolute Gasteiger partial charge is 0.264 e. The molecule has 0 spiro atoms. The Labute approximate surface area is 219 Å². The molecule has 0 saturated heterocycles. The van der Waals surface area contributed by atoms with Crippen molar-refractivity contribution in [1.29, 1.82) is 0 Å². The molecule has 8 nitrogen and oxygen atoms in total. The maximum absolute atomic E-state index is 13.5. The summed E-state index contributed by atoms with van der Waals surface area (Å²) in [4.78, 5) is 15.2. The van der Waals surface area contributed by atoms with Crippen LogP contribution in [0.15, 0.2) is 82.6 Å². The van der Waals surface area contributed by atoms with Crippen LogP contribution in [-0.4, -0.2) is 54.2 Å². The summed E-state index contributed by atoms with van der Waals surface area (Å²) in [5, 5.41) is 0. The zero-order valence-electron chi connectivity index (χ0n) is 19.1. The van der Waals surface area contributed by atoms with E-state index in [1.807, 2.05) is 0 Å². The molecule has 3 aromatic rings. The van der Waals surface area contributed by atoms with Crippen molar-refractivity contribution in [3.05, 3.63) is 81.9 Å². The summed E-state index contributed by atoms with van der Waals surface area (Å²) in [5.74, 6) is -0.398. The van der Waals surface area contributed by atoms with E-state index in [-0.39, 0.29) is 9.79 Å². The van der Waals surface area contributed by atoms with Gasteiger partial charge in [-0.15, -0.1) is 0 Å². The molecular formula is C24H24IN3O5S2. The predicted octanol–water partition coefficient (Wildman–Crippen LogP) is 3.33. The van der Waals surface area contributed by atoms with E-state index in [2.05, 4.69) is 22.6 Å². The van der Waals surface area contributed by atoms with E-state index in [1.165, 1.54) is 37.2 Å². The first kappa shape index (κ1) is 25.6. The minimum atomic E-state index is -4.01. The topological polar surface area (TPSA) is 95.1 Å². The lowest BCUT2D eigenvalue weighted by molar-refractivity contribution is -0.117. The molecule has 0 radical (unpaired) electrons. The molecule has 184 valence electrons. The van der Waals surface area contributed by atoms with Crippen molar-refractivity contribution in [2.45, 2.75) is 16.2 Å². The van der Waals surface area contributed by atoms with Crippen LogP contribution in [0.1, 0.15) is 5.56 Å². The highest BCUT2D eigenvalue weighted by atomic mass is 127. The van der Waals surface area contributed by atoms with Crippen molar-refractivity contribution in [3.63, 3.8) is 0 Å². The Morgan fingerprint density at radius 1 is 0.886 bits per heavy atom. The Bertz CT molecular complexity index is 1460. The summed E-state index contributed by atoms with van der Waals surface area (Å²) in [7, 11) is -4.68. The number of carbonyl (C=O) groups excluding carboxylic acids is 1. The number of halogens is 1. The van der Waals surface area contributed by atoms with E-state index in [1.54, 1.807) is 54.6 Å². The zero-order valence-corrected chi connectivity index (χ0v) is 22.9. The highest BCUT2D eigenvalue weighted by Gasteiger charge is 2.32. The van der Waals surface area contributed by atoms with Gasteiger partial charge in [-0.2, -0.15) is 0 Å². The lowest BCUT2D eigenvalue weighted by Crippen LogP contribution is -2.42. The van der Waals surface area contributed by atoms with E-state index >= 15 is 0 Å². The van der Waals surface area contributed by atoms with Gasteiger partial charge in [0, 0.05) is 29.9 Å². The van der Waals surface area contributed by atoms with Gasteiger partial charge in [0.25, 0.3) is 10.0 Å². The molecule has 1 amide bonds. The van der Waals surface area contributed by atoms with Crippen molar-refractivity contribution in [2.75, 3.05) is 36.4 Å². The van der Waals surface area contributed by atoms with Crippen LogP contribution in [0, 0.1) is 3.57 Å². The molecule has 1 aliphatic heterocycles. The number of sulfonamides is 2. The van der Waals surface area contributed by atoms with Crippen LogP contribution in [0.5, 0.6) is 0 Å². The number of amides is 1. The molecule has 11 heteroatoms. The highest BCUT2D eigenvalue weighted by Crippen LogP contribution is 2.32. The third-order valence-corrected chi connectivity index (χ3v) is 10.1. The predicted molar refractivity (Wildman–Crippen MR) is 144 cm³/mol. The second-order valence-electron chi connectivity index (χ2n) is 8.17. The van der Waals surface area contributed by atoms with Gasteiger partial charge in [0.05, 0.1) is 15.5 Å². The van der Waals surface area contributed by atoms with E-state index < -0.39 is 32.5 Å². The van der Waals surface area contributed by atoms with E-state index in [0.29, 0.717) is 24.3 Å². The van der Waals surface area contributed by atoms with Gasteiger partial charge < -0.3 is 4.90 Å². The summed E-state index contributed by atoms with van der Waals surface area (Å²) in [6.07, 6.45) is 0.479. The summed E-state index contributed by atoms with van der Waals surface area (Å²) in [6.45, 7) is -0.0550. The standard InChI is InChI=1S/C24H24IN3O5S2/c1-26(2)34(30,31)22-12-13-23-18(16-22)14-15-27(23)24(29)17-28(20-10-8-19(25)9-11-20)35(32,33)21-6-4-3-5-7-21/h3-13,16H,14-15,17H2,1-2H3. The Morgan fingerprint density at radius 3 is 2.17 bits per heavy atom. The SMILES string of the molecule is CN(C)S(=O)(=O)c1ccc2c(c1)CCN2C(=O)CN(c1ccc(I)cc1)S(=O)(=O)c1ccccc1. The van der Waals surface area contributed by atoms with Crippen molar-refractivity contribution >= 4 is 59.9 Å². The number of nitrogens with zero attached hydrogens (tertiary/aromatic N) is 3. The molecule has 0 saturated carbocycles. The first-order valence-corrected chi connectivity index (χ1v) is 14.7. The summed E-state index contributed by atoms with van der Waals surface area (Å²) in [5.41, 5.74) is 1.70. The van der Waals surface area contributed by atoms with Crippen molar-refractivity contribution in [1.82, 2.24) is 4.31 Å². The van der Waals surface area contributed by atoms with Crippen molar-refractivity contribution in [3.8, 4) is 0 Å². The average Bonchev–Trinajstić information content (AvgIpc) is 3.27. The second-order valence-corrected chi connectivity index (χ2v) is 13.4. The van der Waals surface area contributed by atoms with Gasteiger partial charge in [-0.25, -0.2) is 21.1 Å². The van der Waals surface area contributed by atoms with Crippen LogP contribution in [0.3, 0.4) is 0 Å². The van der Waals surface area contributed by atoms with Crippen LogP contribution in [0.2, 0.25) is 0 Å². The van der Waals surface area contributed by atoms with E-state index in [9.17, 15) is 21.6 Å². The largest absolute Gasteiger partial charge is 0.310 e. The van der Waals surface area contributed by atoms with Gasteiger partial charge in [0.1, 0.15) is 6.54 Å². The van der Waals surface area contributed by atoms with Crippen LogP contribution < -0.4 is 9.21 Å². The van der Waals surface area contributed by atoms with Crippen LogP contribution in [0.4, 0.5) is 11.4 Å². The van der Waals surface area contributed by atoms with Crippen molar-refractivity contribution < 1.29 is 21.6 Å². The van der Waals surface area contributed by atoms with Gasteiger partial charge in [0.2, 0.25) is 15.9 Å². The van der Waals surface area contributed by atoms with Crippen LogP contribution in [-0.2, 0) is 31.3 Å². The minimum Gasteiger partial charge on any atom is -0.310 e. The molecule has 0 unspecified atom stereocenters. The lowest BCUT2D eigenvalue weighted by Gasteiger charge is -2.27. The molecular weight excluding hydrogens is 601 g/mol. The quantitative estimate of drug-likeness (QED) is 0.376. The number of rotatable bonds is 7. The normalized spacial score (nSPS) is 13.7. The van der Waals surface area contributed by atoms with Gasteiger partial charge in [-0.3, -0.25) is 9.10 Å². The van der Waals surface area contributed by atoms with Crippen LogP contribution in [0.25, 0.3) is 0 Å². The number of hydrogen-bond acceptors (Lipinski definition) is 5. The summed E-state index contributed by atoms with van der Waals surface area (Å²) >= 11 is 2.13. The number of carbonyl (C=O) groups is 1. The summed E-state index contributed by atoms with van der Waals surface area (Å²) < 4.78 is 55.2. The van der Waals surface area contributed by atoms with E-state index in [4.69, 9.17) is 0 Å². The van der Waals surface area contributed by atoms with Gasteiger partial charge in [-0.1, -0.05) is 18.2 Å². The Hall–Kier alpha value is -2.48. The highest BCUT2D eigenvalue weighted by molar-refractivity contribution is 14.1. The number of benzene rings is 3. The Kier molecular flexibility index (Phi) is 7.23. The molecule has 1 heterocycles. The number of anilines is 2. The third kappa shape index (κ3) is 5.08. The first-order valence-electron chi connectivity index (χ1n) is 10.7. The third-order valence-electron chi connectivity index (χ3n) is 5.75. The first-order chi connectivity index (χ1) is 16.5. The summed E-state index contributed by atoms with van der Waals surface area (Å²) in [6, 6.07) is 19.6. The number of fused-ring (bicyclic) bond motifs is 1. The minimum absolute atomic E-state index is 0.0895. The lowest BCUT2D eigenvalue weighted by atomic mass is 10.2. The molecule has 4 rings (SSSR count). The molecule has 0 fully saturated rings. The molecule has 0 atom stereocenters. The molecule has 0 aliphatic carbocycles. The molecule has 0 aromatic heterocycles. The average molecular weight is 626 g/mol. The Balaban J connectivity index is 1.67. The molecule has 0 bridgehead atoms. The van der Waals surface area contributed by atoms with E-state index in [0.717, 1.165) is 17.7 Å². The maximum atomic E-state index is 13.5. The van der Waals surface area contributed by atoms with Gasteiger partial charge >= 0.3 is 0 Å². The second kappa shape index (κ2) is 9.88. The van der Waals surface area contributed by atoms with Gasteiger partial charge in [0.15, 0.2) is 0 Å². The maximum Gasteiger partial charge on any atom is 0.264 e. The fourth-order valence-corrected chi connectivity index (χ4v) is 6.61. The van der Waals surface area contributed by atoms with Crippen molar-refractivity contribution in [2.24, 2.45) is 0 Å². The Morgan fingerprint density at radius 2 is 1.54 bits per heavy atom. The molecule has 35 heavy (non-hydrogen) atoms. The molecule has 3 aromatic carbocycles. The molecule has 0 N–H and O–H groups in total. The van der Waals surface area contributed by atoms with Crippen LogP contribution >= 0.6 is 22.6 Å². The number of hydrogen-bond donors (Lipinski definition) is 0.